The standard InChI is InChI=1S/C24H27N5OS2/c1-14(2)16-6-8-17(9-7-16)22-27-28-24(29(22)4)31-13-21(30)26-23-19(12-25)18-10-5-15(3)11-20(18)32-23/h6-9,14-15H,5,10-11,13H2,1-4H3,(H,26,30). The molecule has 0 spiro atoms. The van der Waals surface area contributed by atoms with E-state index in [-0.39, 0.29) is 11.7 Å². The van der Waals surface area contributed by atoms with Crippen LogP contribution >= 0.6 is 23.1 Å². The third-order valence-corrected chi connectivity index (χ3v) is 8.07. The van der Waals surface area contributed by atoms with Gasteiger partial charge in [-0.15, -0.1) is 21.5 Å². The predicted molar refractivity (Wildman–Crippen MR) is 130 cm³/mol. The zero-order chi connectivity index (χ0) is 22.8. The first-order chi connectivity index (χ1) is 15.4. The van der Waals surface area contributed by atoms with Gasteiger partial charge in [-0.05, 0) is 42.2 Å². The molecule has 1 atom stereocenters. The lowest BCUT2D eigenvalue weighted by molar-refractivity contribution is -0.113. The maximum Gasteiger partial charge on any atom is 0.235 e. The number of amides is 1. The summed E-state index contributed by atoms with van der Waals surface area (Å²) in [5.41, 5.74) is 4.04. The van der Waals surface area contributed by atoms with Gasteiger partial charge >= 0.3 is 0 Å². The van der Waals surface area contributed by atoms with Crippen LogP contribution in [0.4, 0.5) is 5.00 Å². The smallest absolute Gasteiger partial charge is 0.235 e. The molecule has 0 fully saturated rings. The van der Waals surface area contributed by atoms with Crippen LogP contribution in [-0.2, 0) is 24.7 Å². The normalized spacial score (nSPS) is 15.4. The number of hydrogen-bond acceptors (Lipinski definition) is 6. The van der Waals surface area contributed by atoms with Gasteiger partial charge in [-0.1, -0.05) is 56.8 Å². The van der Waals surface area contributed by atoms with Crippen LogP contribution in [0.25, 0.3) is 11.4 Å². The Morgan fingerprint density at radius 3 is 2.78 bits per heavy atom. The van der Waals surface area contributed by atoms with E-state index >= 15 is 0 Å². The van der Waals surface area contributed by atoms with Crippen molar-refractivity contribution in [3.63, 3.8) is 0 Å². The van der Waals surface area contributed by atoms with Gasteiger partial charge in [-0.25, -0.2) is 0 Å². The number of thiophene rings is 1. The van der Waals surface area contributed by atoms with Crippen molar-refractivity contribution >= 4 is 34.0 Å². The van der Waals surface area contributed by atoms with Crippen LogP contribution in [0.2, 0.25) is 0 Å². The number of nitrogens with one attached hydrogen (secondary N) is 1. The molecule has 0 aliphatic heterocycles. The first-order valence-electron chi connectivity index (χ1n) is 10.8. The zero-order valence-electron chi connectivity index (χ0n) is 18.8. The topological polar surface area (TPSA) is 83.6 Å². The van der Waals surface area contributed by atoms with E-state index < -0.39 is 0 Å². The number of anilines is 1. The molecule has 1 unspecified atom stereocenters. The van der Waals surface area contributed by atoms with Gasteiger partial charge in [0, 0.05) is 17.5 Å². The number of fused-ring (bicyclic) bond motifs is 1. The van der Waals surface area contributed by atoms with Crippen molar-refractivity contribution in [2.24, 2.45) is 13.0 Å². The van der Waals surface area contributed by atoms with Crippen molar-refractivity contribution in [3.8, 4) is 17.5 Å². The van der Waals surface area contributed by atoms with Crippen LogP contribution in [0.1, 0.15) is 54.7 Å². The molecule has 166 valence electrons. The Morgan fingerprint density at radius 1 is 1.34 bits per heavy atom. The molecule has 2 aromatic heterocycles. The Kier molecular flexibility index (Phi) is 6.68. The number of aromatic nitrogens is 3. The number of nitriles is 1. The minimum absolute atomic E-state index is 0.135. The minimum Gasteiger partial charge on any atom is -0.316 e. The van der Waals surface area contributed by atoms with Gasteiger partial charge in [0.25, 0.3) is 0 Å². The van der Waals surface area contributed by atoms with Gasteiger partial charge in [0.05, 0.1) is 11.3 Å². The highest BCUT2D eigenvalue weighted by Crippen LogP contribution is 2.39. The Balaban J connectivity index is 1.42. The lowest BCUT2D eigenvalue weighted by Crippen LogP contribution is -2.14. The third kappa shape index (κ3) is 4.59. The molecule has 32 heavy (non-hydrogen) atoms. The van der Waals surface area contributed by atoms with Crippen molar-refractivity contribution < 1.29 is 4.79 Å². The van der Waals surface area contributed by atoms with Crippen molar-refractivity contribution in [1.29, 1.82) is 5.26 Å². The summed E-state index contributed by atoms with van der Waals surface area (Å²) in [6, 6.07) is 10.6. The molecule has 6 nitrogen and oxygen atoms in total. The fourth-order valence-corrected chi connectivity index (χ4v) is 6.05. The molecule has 1 aromatic carbocycles. The summed E-state index contributed by atoms with van der Waals surface area (Å²) in [5, 5.41) is 22.5. The lowest BCUT2D eigenvalue weighted by Gasteiger charge is -2.17. The molecule has 1 aliphatic carbocycles. The second-order valence-electron chi connectivity index (χ2n) is 8.65. The van der Waals surface area contributed by atoms with Crippen molar-refractivity contribution in [3.05, 3.63) is 45.8 Å². The van der Waals surface area contributed by atoms with Crippen molar-refractivity contribution in [2.45, 2.75) is 51.1 Å². The van der Waals surface area contributed by atoms with Gasteiger partial charge in [-0.3, -0.25) is 4.79 Å². The monoisotopic (exact) mass is 465 g/mol. The second kappa shape index (κ2) is 9.47. The van der Waals surface area contributed by atoms with Crippen molar-refractivity contribution in [2.75, 3.05) is 11.1 Å². The average Bonchev–Trinajstić information content (AvgIpc) is 3.31. The van der Waals surface area contributed by atoms with E-state index in [9.17, 15) is 10.1 Å². The maximum atomic E-state index is 12.6. The van der Waals surface area contributed by atoms with Crippen LogP contribution < -0.4 is 5.32 Å². The van der Waals surface area contributed by atoms with Gasteiger partial charge in [0.1, 0.15) is 11.1 Å². The van der Waals surface area contributed by atoms with Crippen molar-refractivity contribution in [1.82, 2.24) is 14.8 Å². The summed E-state index contributed by atoms with van der Waals surface area (Å²) >= 11 is 2.90. The number of thioether (sulfide) groups is 1. The summed E-state index contributed by atoms with van der Waals surface area (Å²) in [7, 11) is 1.91. The van der Waals surface area contributed by atoms with E-state index in [1.807, 2.05) is 11.6 Å². The fraction of sp³-hybridized carbons (Fsp3) is 0.417. The Morgan fingerprint density at radius 2 is 2.09 bits per heavy atom. The molecule has 0 saturated carbocycles. The Bertz CT molecular complexity index is 1170. The molecule has 0 radical (unpaired) electrons. The lowest BCUT2D eigenvalue weighted by atomic mass is 9.89. The molecule has 0 bridgehead atoms. The molecule has 2 heterocycles. The molecule has 0 saturated heterocycles. The Hall–Kier alpha value is -2.63. The highest BCUT2D eigenvalue weighted by molar-refractivity contribution is 7.99. The largest absolute Gasteiger partial charge is 0.316 e. The van der Waals surface area contributed by atoms with Crippen LogP contribution in [0.3, 0.4) is 0 Å². The van der Waals surface area contributed by atoms with E-state index in [2.05, 4.69) is 66.6 Å². The van der Waals surface area contributed by atoms with E-state index in [4.69, 9.17) is 0 Å². The molecule has 8 heteroatoms. The summed E-state index contributed by atoms with van der Waals surface area (Å²) in [5.74, 6) is 1.95. The quantitative estimate of drug-likeness (QED) is 0.493. The molecular weight excluding hydrogens is 438 g/mol. The zero-order valence-corrected chi connectivity index (χ0v) is 20.4. The van der Waals surface area contributed by atoms with E-state index in [0.29, 0.717) is 27.6 Å². The van der Waals surface area contributed by atoms with E-state index in [1.165, 1.54) is 22.2 Å². The van der Waals surface area contributed by atoms with Crippen LogP contribution in [0.15, 0.2) is 29.4 Å². The minimum atomic E-state index is -0.135. The van der Waals surface area contributed by atoms with Gasteiger partial charge in [-0.2, -0.15) is 5.26 Å². The summed E-state index contributed by atoms with van der Waals surface area (Å²) in [6.45, 7) is 6.57. The highest BCUT2D eigenvalue weighted by Gasteiger charge is 2.24. The van der Waals surface area contributed by atoms with Crippen LogP contribution in [0, 0.1) is 17.2 Å². The van der Waals surface area contributed by atoms with E-state index in [0.717, 1.165) is 36.2 Å². The summed E-state index contributed by atoms with van der Waals surface area (Å²) in [4.78, 5) is 13.9. The maximum absolute atomic E-state index is 12.6. The fourth-order valence-electron chi connectivity index (χ4n) is 3.96. The molecule has 3 aromatic rings. The molecule has 1 N–H and O–H groups in total. The third-order valence-electron chi connectivity index (χ3n) is 5.88. The summed E-state index contributed by atoms with van der Waals surface area (Å²) in [6.07, 6.45) is 3.00. The van der Waals surface area contributed by atoms with Gasteiger partial charge in [0.15, 0.2) is 11.0 Å². The second-order valence-corrected chi connectivity index (χ2v) is 10.7. The summed E-state index contributed by atoms with van der Waals surface area (Å²) < 4.78 is 1.91. The first kappa shape index (κ1) is 22.6. The predicted octanol–water partition coefficient (Wildman–Crippen LogP) is 5.39. The number of carbonyl (C=O) groups is 1. The number of rotatable bonds is 6. The van der Waals surface area contributed by atoms with Crippen LogP contribution in [0.5, 0.6) is 0 Å². The number of hydrogen-bond donors (Lipinski definition) is 1. The average molecular weight is 466 g/mol. The molecule has 1 amide bonds. The van der Waals surface area contributed by atoms with E-state index in [1.54, 1.807) is 11.3 Å². The first-order valence-corrected chi connectivity index (χ1v) is 12.6. The molecular formula is C24H27N5OS2. The number of benzene rings is 1. The van der Waals surface area contributed by atoms with Gasteiger partial charge in [0.2, 0.25) is 5.91 Å². The Labute approximate surface area is 197 Å². The number of carbonyl (C=O) groups excluding carboxylic acids is 1. The molecule has 4 rings (SSSR count). The number of nitrogens with zero attached hydrogens (tertiary/aromatic N) is 4. The van der Waals surface area contributed by atoms with Gasteiger partial charge < -0.3 is 9.88 Å². The highest BCUT2D eigenvalue weighted by atomic mass is 32.2. The van der Waals surface area contributed by atoms with Crippen LogP contribution in [-0.4, -0.2) is 26.4 Å². The molecule has 1 aliphatic rings. The SMILES string of the molecule is CC1CCc2c(sc(NC(=O)CSc3nnc(-c4ccc(C(C)C)cc4)n3C)c2C#N)C1.